The molecule has 0 nitrogen and oxygen atoms in total. The Morgan fingerprint density at radius 3 is 2.14 bits per heavy atom. The van der Waals surface area contributed by atoms with Gasteiger partial charge in [-0.1, -0.05) is 78.3 Å². The third kappa shape index (κ3) is 12.7. The van der Waals surface area contributed by atoms with E-state index in [9.17, 15) is 0 Å². The minimum Gasteiger partial charge on any atom is -0.103 e. The summed E-state index contributed by atoms with van der Waals surface area (Å²) in [5.74, 6) is 1.98. The van der Waals surface area contributed by atoms with Gasteiger partial charge in [-0.2, -0.15) is 0 Å². The first-order valence-electron chi connectivity index (χ1n) is 8.64. The normalized spacial score (nSPS) is 16.5. The summed E-state index contributed by atoms with van der Waals surface area (Å²) < 4.78 is 0. The van der Waals surface area contributed by atoms with E-state index in [0.29, 0.717) is 17.3 Å². The van der Waals surface area contributed by atoms with Gasteiger partial charge in [0.05, 0.1) is 0 Å². The Labute approximate surface area is 134 Å². The van der Waals surface area contributed by atoms with Crippen LogP contribution in [0.2, 0.25) is 0 Å². The molecule has 122 valence electrons. The van der Waals surface area contributed by atoms with E-state index in [1.54, 1.807) is 0 Å². The lowest BCUT2D eigenvalue weighted by molar-refractivity contribution is 0.336. The minimum atomic E-state index is 0.400. The fourth-order valence-electron chi connectivity index (χ4n) is 2.62. The molecule has 0 aliphatic rings. The van der Waals surface area contributed by atoms with Crippen molar-refractivity contribution in [2.24, 2.45) is 23.2 Å². The summed E-state index contributed by atoms with van der Waals surface area (Å²) in [7, 11) is 0. The number of hydrogen-bond donors (Lipinski definition) is 0. The van der Waals surface area contributed by atoms with Crippen LogP contribution in [0.3, 0.4) is 0 Å². The van der Waals surface area contributed by atoms with Crippen LogP contribution in [0, 0.1) is 23.2 Å². The number of allylic oxidation sites excluding steroid dienone is 5. The quantitative estimate of drug-likeness (QED) is 0.311. The summed E-state index contributed by atoms with van der Waals surface area (Å²) in [5.41, 5.74) is 1.90. The van der Waals surface area contributed by atoms with E-state index in [-0.39, 0.29) is 0 Å². The van der Waals surface area contributed by atoms with Crippen LogP contribution in [0.1, 0.15) is 74.1 Å². The van der Waals surface area contributed by atoms with Crippen LogP contribution in [0.4, 0.5) is 0 Å². The zero-order valence-corrected chi connectivity index (χ0v) is 15.6. The van der Waals surface area contributed by atoms with Crippen molar-refractivity contribution >= 4 is 0 Å². The molecule has 0 amide bonds. The van der Waals surface area contributed by atoms with Gasteiger partial charge >= 0.3 is 0 Å². The van der Waals surface area contributed by atoms with Crippen LogP contribution in [0.25, 0.3) is 0 Å². The van der Waals surface area contributed by atoms with Gasteiger partial charge in [0.15, 0.2) is 0 Å². The monoisotopic (exact) mass is 290 g/mol. The van der Waals surface area contributed by atoms with Crippen molar-refractivity contribution in [3.05, 3.63) is 36.5 Å². The largest absolute Gasteiger partial charge is 0.103 e. The molecule has 0 heteroatoms. The second-order valence-electron chi connectivity index (χ2n) is 8.27. The molecule has 0 rings (SSSR count). The van der Waals surface area contributed by atoms with Crippen molar-refractivity contribution in [1.82, 2.24) is 0 Å². The summed E-state index contributed by atoms with van der Waals surface area (Å²) in [5, 5.41) is 0. The Hall–Kier alpha value is -0.780. The smallest absolute Gasteiger partial charge is 0.0251 e. The zero-order valence-electron chi connectivity index (χ0n) is 15.6. The van der Waals surface area contributed by atoms with E-state index in [2.05, 4.69) is 79.3 Å². The summed E-state index contributed by atoms with van der Waals surface area (Å²) in [6.45, 7) is 20.0. The second kappa shape index (κ2) is 10.0. The molecule has 0 N–H and O–H groups in total. The molecule has 0 saturated carbocycles. The Morgan fingerprint density at radius 2 is 1.67 bits per heavy atom. The SMILES string of the molecule is C=CC(C)CCC(C=CCC(C)C)=CC(C)CC(C)(C)C. The van der Waals surface area contributed by atoms with Crippen LogP contribution >= 0.6 is 0 Å². The highest BCUT2D eigenvalue weighted by atomic mass is 14.2. The molecule has 0 aliphatic heterocycles. The topological polar surface area (TPSA) is 0 Å². The fraction of sp³-hybridized carbons (Fsp3) is 0.714. The lowest BCUT2D eigenvalue weighted by Crippen LogP contribution is -2.09. The minimum absolute atomic E-state index is 0.400. The third-order valence-corrected chi connectivity index (χ3v) is 3.66. The second-order valence-corrected chi connectivity index (χ2v) is 8.27. The van der Waals surface area contributed by atoms with Crippen LogP contribution in [0.15, 0.2) is 36.5 Å². The zero-order chi connectivity index (χ0) is 16.5. The maximum Gasteiger partial charge on any atom is -0.0251 e. The van der Waals surface area contributed by atoms with E-state index >= 15 is 0 Å². The van der Waals surface area contributed by atoms with Crippen LogP contribution in [0.5, 0.6) is 0 Å². The van der Waals surface area contributed by atoms with E-state index < -0.39 is 0 Å². The molecular weight excluding hydrogens is 252 g/mol. The highest BCUT2D eigenvalue weighted by Gasteiger charge is 2.14. The molecular formula is C21H38. The van der Waals surface area contributed by atoms with Crippen molar-refractivity contribution in [3.8, 4) is 0 Å². The standard InChI is InChI=1S/C21H38/c1-9-18(4)13-14-20(12-10-11-17(2)3)15-19(5)16-21(6,7)8/h9-10,12,15,17-19H,1,11,13-14,16H2,2-8H3. The van der Waals surface area contributed by atoms with Gasteiger partial charge in [-0.05, 0) is 48.9 Å². The summed E-state index contributed by atoms with van der Waals surface area (Å²) in [6.07, 6.45) is 14.0. The summed E-state index contributed by atoms with van der Waals surface area (Å²) >= 11 is 0. The Kier molecular flexibility index (Phi) is 9.66. The predicted octanol–water partition coefficient (Wildman–Crippen LogP) is 7.19. The van der Waals surface area contributed by atoms with E-state index in [1.165, 1.54) is 24.8 Å². The molecule has 0 spiro atoms. The van der Waals surface area contributed by atoms with Crippen molar-refractivity contribution < 1.29 is 0 Å². The Morgan fingerprint density at radius 1 is 1.05 bits per heavy atom. The summed E-state index contributed by atoms with van der Waals surface area (Å²) in [4.78, 5) is 0. The average Bonchev–Trinajstić information content (AvgIpc) is 2.32. The predicted molar refractivity (Wildman–Crippen MR) is 98.5 cm³/mol. The molecule has 0 aromatic rings. The Balaban J connectivity index is 4.76. The first-order chi connectivity index (χ1) is 9.64. The molecule has 0 saturated heterocycles. The molecule has 21 heavy (non-hydrogen) atoms. The number of hydrogen-bond acceptors (Lipinski definition) is 0. The van der Waals surface area contributed by atoms with Crippen molar-refractivity contribution in [1.29, 1.82) is 0 Å². The van der Waals surface area contributed by atoms with E-state index in [1.807, 2.05) is 0 Å². The molecule has 2 atom stereocenters. The van der Waals surface area contributed by atoms with Gasteiger partial charge in [0.1, 0.15) is 0 Å². The van der Waals surface area contributed by atoms with Gasteiger partial charge in [-0.25, -0.2) is 0 Å². The first-order valence-corrected chi connectivity index (χ1v) is 8.64. The molecule has 0 aromatic heterocycles. The highest BCUT2D eigenvalue weighted by molar-refractivity contribution is 5.20. The number of rotatable bonds is 9. The van der Waals surface area contributed by atoms with E-state index in [0.717, 1.165) is 12.3 Å². The lowest BCUT2D eigenvalue weighted by atomic mass is 9.84. The molecule has 2 unspecified atom stereocenters. The van der Waals surface area contributed by atoms with Crippen LogP contribution in [-0.2, 0) is 0 Å². The molecule has 0 heterocycles. The van der Waals surface area contributed by atoms with Crippen LogP contribution in [-0.4, -0.2) is 0 Å². The van der Waals surface area contributed by atoms with Gasteiger partial charge in [0.25, 0.3) is 0 Å². The van der Waals surface area contributed by atoms with Crippen molar-refractivity contribution in [3.63, 3.8) is 0 Å². The average molecular weight is 291 g/mol. The van der Waals surface area contributed by atoms with Gasteiger partial charge in [-0.3, -0.25) is 0 Å². The van der Waals surface area contributed by atoms with Gasteiger partial charge in [0.2, 0.25) is 0 Å². The van der Waals surface area contributed by atoms with Crippen molar-refractivity contribution in [2.75, 3.05) is 0 Å². The highest BCUT2D eigenvalue weighted by Crippen LogP contribution is 2.27. The first kappa shape index (κ1) is 20.2. The molecule has 0 fully saturated rings. The Bertz CT molecular complexity index is 336. The molecule has 0 aromatic carbocycles. The van der Waals surface area contributed by atoms with Gasteiger partial charge in [0, 0.05) is 0 Å². The summed E-state index contributed by atoms with van der Waals surface area (Å²) in [6, 6.07) is 0. The van der Waals surface area contributed by atoms with E-state index in [4.69, 9.17) is 0 Å². The molecule has 0 bridgehead atoms. The van der Waals surface area contributed by atoms with Gasteiger partial charge in [-0.15, -0.1) is 6.58 Å². The molecule has 0 radical (unpaired) electrons. The van der Waals surface area contributed by atoms with Crippen molar-refractivity contribution in [2.45, 2.75) is 74.1 Å². The van der Waals surface area contributed by atoms with Crippen LogP contribution < -0.4 is 0 Å². The maximum atomic E-state index is 3.90. The molecule has 0 aliphatic carbocycles. The lowest BCUT2D eigenvalue weighted by Gasteiger charge is -2.22. The van der Waals surface area contributed by atoms with Gasteiger partial charge < -0.3 is 0 Å². The fourth-order valence-corrected chi connectivity index (χ4v) is 2.62. The maximum absolute atomic E-state index is 3.90. The third-order valence-electron chi connectivity index (χ3n) is 3.66.